The van der Waals surface area contributed by atoms with Gasteiger partial charge in [-0.3, -0.25) is 14.6 Å². The molecular weight excluding hydrogens is 322 g/mol. The molecule has 2 rings (SSSR count). The molecule has 0 aliphatic carbocycles. The van der Waals surface area contributed by atoms with E-state index in [1.165, 1.54) is 0 Å². The molecule has 2 amide bonds. The molecule has 1 saturated heterocycles. The van der Waals surface area contributed by atoms with Crippen LogP contribution in [0.25, 0.3) is 0 Å². The van der Waals surface area contributed by atoms with Gasteiger partial charge in [0.2, 0.25) is 5.91 Å². The fourth-order valence-electron chi connectivity index (χ4n) is 2.42. The lowest BCUT2D eigenvalue weighted by Crippen LogP contribution is -2.46. The third-order valence-electron chi connectivity index (χ3n) is 3.75. The second kappa shape index (κ2) is 6.35. The summed E-state index contributed by atoms with van der Waals surface area (Å²) in [6, 6.07) is 2.01. The zero-order valence-electron chi connectivity index (χ0n) is 11.7. The van der Waals surface area contributed by atoms with Crippen molar-refractivity contribution in [1.29, 1.82) is 0 Å². The largest absolute Gasteiger partial charge is 0.343 e. The lowest BCUT2D eigenvalue weighted by molar-refractivity contribution is -0.130. The Morgan fingerprint density at radius 2 is 2.00 bits per heavy atom. The molecule has 1 aromatic rings. The summed E-state index contributed by atoms with van der Waals surface area (Å²) in [5, 5.41) is 0. The quantitative estimate of drug-likeness (QED) is 0.827. The molecule has 1 aromatic heterocycles. The van der Waals surface area contributed by atoms with Gasteiger partial charge in [-0.1, -0.05) is 0 Å². The zero-order valence-corrected chi connectivity index (χ0v) is 13.3. The number of pyridine rings is 1. The highest BCUT2D eigenvalue weighted by molar-refractivity contribution is 9.10. The van der Waals surface area contributed by atoms with Crippen LogP contribution in [0.15, 0.2) is 22.9 Å². The molecule has 1 aliphatic rings. The minimum Gasteiger partial charge on any atom is -0.343 e. The van der Waals surface area contributed by atoms with Crippen LogP contribution in [0.4, 0.5) is 0 Å². The maximum atomic E-state index is 12.3. The van der Waals surface area contributed by atoms with Gasteiger partial charge in [-0.05, 0) is 34.8 Å². The summed E-state index contributed by atoms with van der Waals surface area (Å²) < 4.78 is 0.801. The molecule has 2 heterocycles. The molecule has 5 nitrogen and oxygen atoms in total. The maximum absolute atomic E-state index is 12.3. The Morgan fingerprint density at radius 3 is 2.55 bits per heavy atom. The summed E-state index contributed by atoms with van der Waals surface area (Å²) in [4.78, 5) is 31.3. The third-order valence-corrected chi connectivity index (χ3v) is 4.18. The number of nitrogens with zero attached hydrogens (tertiary/aromatic N) is 3. The SMILES string of the molecule is CC(=O)N(C)C1CCN(C(=O)c2cncc(Br)c2)CC1. The number of rotatable bonds is 2. The topological polar surface area (TPSA) is 53.5 Å². The summed E-state index contributed by atoms with van der Waals surface area (Å²) >= 11 is 3.32. The van der Waals surface area contributed by atoms with E-state index in [0.717, 1.165) is 17.3 Å². The van der Waals surface area contributed by atoms with Crippen LogP contribution in [0.3, 0.4) is 0 Å². The van der Waals surface area contributed by atoms with Gasteiger partial charge in [-0.25, -0.2) is 0 Å². The van der Waals surface area contributed by atoms with E-state index < -0.39 is 0 Å². The molecule has 20 heavy (non-hydrogen) atoms. The van der Waals surface area contributed by atoms with E-state index in [9.17, 15) is 9.59 Å². The minimum absolute atomic E-state index is 0.00253. The number of hydrogen-bond donors (Lipinski definition) is 0. The highest BCUT2D eigenvalue weighted by atomic mass is 79.9. The van der Waals surface area contributed by atoms with E-state index in [0.29, 0.717) is 18.7 Å². The van der Waals surface area contributed by atoms with E-state index in [2.05, 4.69) is 20.9 Å². The second-order valence-corrected chi connectivity index (χ2v) is 5.96. The van der Waals surface area contributed by atoms with E-state index in [1.54, 1.807) is 30.3 Å². The van der Waals surface area contributed by atoms with Gasteiger partial charge in [0.05, 0.1) is 5.56 Å². The van der Waals surface area contributed by atoms with Crippen LogP contribution in [0.1, 0.15) is 30.1 Å². The summed E-state index contributed by atoms with van der Waals surface area (Å²) in [5.74, 6) is 0.0775. The lowest BCUT2D eigenvalue weighted by atomic mass is 10.0. The van der Waals surface area contributed by atoms with E-state index >= 15 is 0 Å². The second-order valence-electron chi connectivity index (χ2n) is 5.05. The first kappa shape index (κ1) is 15.0. The Bertz CT molecular complexity index is 513. The number of piperidine rings is 1. The average molecular weight is 340 g/mol. The number of likely N-dealkylation sites (tertiary alicyclic amines) is 1. The van der Waals surface area contributed by atoms with Gasteiger partial charge in [-0.2, -0.15) is 0 Å². The van der Waals surface area contributed by atoms with Crippen molar-refractivity contribution in [1.82, 2.24) is 14.8 Å². The summed E-state index contributed by atoms with van der Waals surface area (Å²) in [6.07, 6.45) is 4.89. The van der Waals surface area contributed by atoms with Crippen molar-refractivity contribution in [3.05, 3.63) is 28.5 Å². The van der Waals surface area contributed by atoms with Crippen molar-refractivity contribution in [2.45, 2.75) is 25.8 Å². The van der Waals surface area contributed by atoms with Gasteiger partial charge >= 0.3 is 0 Å². The molecule has 0 N–H and O–H groups in total. The molecule has 0 atom stereocenters. The normalized spacial score (nSPS) is 16.1. The first-order valence-electron chi connectivity index (χ1n) is 6.62. The molecular formula is C14H18BrN3O2. The van der Waals surface area contributed by atoms with Gasteiger partial charge in [0.15, 0.2) is 0 Å². The highest BCUT2D eigenvalue weighted by Crippen LogP contribution is 2.18. The molecule has 0 radical (unpaired) electrons. The molecule has 108 valence electrons. The van der Waals surface area contributed by atoms with Crippen molar-refractivity contribution in [2.24, 2.45) is 0 Å². The molecule has 0 unspecified atom stereocenters. The number of aromatic nitrogens is 1. The predicted octanol–water partition coefficient (Wildman–Crippen LogP) is 1.93. The summed E-state index contributed by atoms with van der Waals surface area (Å²) in [7, 11) is 1.82. The van der Waals surface area contributed by atoms with Crippen molar-refractivity contribution < 1.29 is 9.59 Å². The summed E-state index contributed by atoms with van der Waals surface area (Å²) in [5.41, 5.74) is 0.595. The molecule has 1 fully saturated rings. The van der Waals surface area contributed by atoms with Crippen molar-refractivity contribution in [3.63, 3.8) is 0 Å². The number of hydrogen-bond acceptors (Lipinski definition) is 3. The van der Waals surface area contributed by atoms with Crippen LogP contribution >= 0.6 is 15.9 Å². The first-order chi connectivity index (χ1) is 9.49. The van der Waals surface area contributed by atoms with Crippen LogP contribution < -0.4 is 0 Å². The van der Waals surface area contributed by atoms with Crippen molar-refractivity contribution >= 4 is 27.7 Å². The number of halogens is 1. The Balaban J connectivity index is 1.97. The Kier molecular flexibility index (Phi) is 4.75. The Labute approximate surface area is 127 Å². The third kappa shape index (κ3) is 3.36. The lowest BCUT2D eigenvalue weighted by Gasteiger charge is -2.36. The molecule has 1 aliphatic heterocycles. The van der Waals surface area contributed by atoms with Gasteiger partial charge in [0.25, 0.3) is 5.91 Å². The predicted molar refractivity (Wildman–Crippen MR) is 79.3 cm³/mol. The van der Waals surface area contributed by atoms with Crippen molar-refractivity contribution in [2.75, 3.05) is 20.1 Å². The number of carbonyl (C=O) groups excluding carboxylic acids is 2. The van der Waals surface area contributed by atoms with Crippen LogP contribution in [-0.4, -0.2) is 52.8 Å². The Morgan fingerprint density at radius 1 is 1.35 bits per heavy atom. The smallest absolute Gasteiger partial charge is 0.255 e. The molecule has 0 saturated carbocycles. The monoisotopic (exact) mass is 339 g/mol. The van der Waals surface area contributed by atoms with Gasteiger partial charge in [0, 0.05) is 50.0 Å². The molecule has 6 heteroatoms. The van der Waals surface area contributed by atoms with Gasteiger partial charge in [-0.15, -0.1) is 0 Å². The van der Waals surface area contributed by atoms with E-state index in [4.69, 9.17) is 0 Å². The zero-order chi connectivity index (χ0) is 14.7. The standard InChI is InChI=1S/C14H18BrN3O2/c1-10(19)17(2)13-3-5-18(6-4-13)14(20)11-7-12(15)9-16-8-11/h7-9,13H,3-6H2,1-2H3. The first-order valence-corrected chi connectivity index (χ1v) is 7.41. The Hall–Kier alpha value is -1.43. The molecule has 0 spiro atoms. The van der Waals surface area contributed by atoms with E-state index in [1.807, 2.05) is 11.9 Å². The van der Waals surface area contributed by atoms with Gasteiger partial charge < -0.3 is 9.80 Å². The fraction of sp³-hybridized carbons (Fsp3) is 0.500. The highest BCUT2D eigenvalue weighted by Gasteiger charge is 2.26. The summed E-state index contributed by atoms with van der Waals surface area (Å²) in [6.45, 7) is 2.92. The fourth-order valence-corrected chi connectivity index (χ4v) is 2.79. The van der Waals surface area contributed by atoms with Gasteiger partial charge in [0.1, 0.15) is 0 Å². The molecule has 0 bridgehead atoms. The van der Waals surface area contributed by atoms with Crippen molar-refractivity contribution in [3.8, 4) is 0 Å². The minimum atomic E-state index is 0.00253. The number of amides is 2. The van der Waals surface area contributed by atoms with Crippen LogP contribution in [-0.2, 0) is 4.79 Å². The van der Waals surface area contributed by atoms with E-state index in [-0.39, 0.29) is 17.9 Å². The average Bonchev–Trinajstić information content (AvgIpc) is 2.46. The van der Waals surface area contributed by atoms with Crippen LogP contribution in [0.5, 0.6) is 0 Å². The number of carbonyl (C=O) groups is 2. The van der Waals surface area contributed by atoms with Crippen LogP contribution in [0.2, 0.25) is 0 Å². The maximum Gasteiger partial charge on any atom is 0.255 e. The van der Waals surface area contributed by atoms with Crippen LogP contribution in [0, 0.1) is 0 Å². The molecule has 0 aromatic carbocycles.